The number of nitrogens with one attached hydrogen (secondary N) is 2. The molecule has 102 valence electrons. The summed E-state index contributed by atoms with van der Waals surface area (Å²) in [6.07, 6.45) is -3.23. The number of alkyl halides is 3. The molecule has 0 aliphatic heterocycles. The van der Waals surface area contributed by atoms with Gasteiger partial charge in [0.2, 0.25) is 0 Å². The van der Waals surface area contributed by atoms with Gasteiger partial charge in [-0.2, -0.15) is 13.2 Å². The minimum atomic E-state index is -4.28. The van der Waals surface area contributed by atoms with Crippen LogP contribution >= 0.6 is 0 Å². The van der Waals surface area contributed by atoms with Gasteiger partial charge < -0.3 is 10.6 Å². The van der Waals surface area contributed by atoms with E-state index in [4.69, 9.17) is 0 Å². The average molecular weight is 260 g/mol. The molecule has 1 aromatic carbocycles. The predicted molar refractivity (Wildman–Crippen MR) is 66.3 cm³/mol. The van der Waals surface area contributed by atoms with Gasteiger partial charge in [-0.05, 0) is 24.6 Å². The van der Waals surface area contributed by atoms with Crippen molar-refractivity contribution in [3.05, 3.63) is 35.4 Å². The van der Waals surface area contributed by atoms with Crippen molar-refractivity contribution in [2.45, 2.75) is 26.1 Å². The molecule has 1 aromatic rings. The normalized spacial score (nSPS) is 11.8. The first-order valence-corrected chi connectivity index (χ1v) is 6.12. The van der Waals surface area contributed by atoms with Crippen molar-refractivity contribution in [3.8, 4) is 0 Å². The van der Waals surface area contributed by atoms with Crippen molar-refractivity contribution < 1.29 is 13.2 Å². The molecule has 0 aliphatic rings. The minimum absolute atomic E-state index is 0.240. The molecule has 0 aromatic heterocycles. The second-order valence-corrected chi connectivity index (χ2v) is 4.08. The zero-order valence-corrected chi connectivity index (χ0v) is 10.5. The highest BCUT2D eigenvalue weighted by molar-refractivity contribution is 5.29. The summed E-state index contributed by atoms with van der Waals surface area (Å²) in [4.78, 5) is 0. The lowest BCUT2D eigenvalue weighted by molar-refractivity contribution is -0.138. The van der Waals surface area contributed by atoms with Crippen LogP contribution in [0.25, 0.3) is 0 Å². The summed E-state index contributed by atoms with van der Waals surface area (Å²) >= 11 is 0. The topological polar surface area (TPSA) is 24.1 Å². The maximum absolute atomic E-state index is 12.7. The molecule has 5 heteroatoms. The molecule has 0 amide bonds. The number of hydrogen-bond acceptors (Lipinski definition) is 2. The molecule has 0 heterocycles. The van der Waals surface area contributed by atoms with Gasteiger partial charge in [-0.15, -0.1) is 0 Å². The smallest absolute Gasteiger partial charge is 0.315 e. The molecule has 2 nitrogen and oxygen atoms in total. The van der Waals surface area contributed by atoms with Crippen molar-refractivity contribution in [2.75, 3.05) is 19.6 Å². The quantitative estimate of drug-likeness (QED) is 0.737. The monoisotopic (exact) mass is 260 g/mol. The van der Waals surface area contributed by atoms with E-state index >= 15 is 0 Å². The van der Waals surface area contributed by atoms with E-state index in [2.05, 4.69) is 17.6 Å². The number of rotatable bonds is 7. The van der Waals surface area contributed by atoms with Crippen LogP contribution in [0.3, 0.4) is 0 Å². The molecule has 0 saturated carbocycles. The van der Waals surface area contributed by atoms with Crippen molar-refractivity contribution in [1.29, 1.82) is 0 Å². The Morgan fingerprint density at radius 2 is 1.67 bits per heavy atom. The molecule has 0 spiro atoms. The largest absolute Gasteiger partial charge is 0.416 e. The van der Waals surface area contributed by atoms with Gasteiger partial charge in [0.15, 0.2) is 0 Å². The summed E-state index contributed by atoms with van der Waals surface area (Å²) in [5.74, 6) is 0. The van der Waals surface area contributed by atoms with Gasteiger partial charge in [-0.25, -0.2) is 0 Å². The van der Waals surface area contributed by atoms with E-state index in [9.17, 15) is 13.2 Å². The molecule has 0 radical (unpaired) electrons. The Labute approximate surface area is 106 Å². The highest BCUT2D eigenvalue weighted by Gasteiger charge is 2.32. The van der Waals surface area contributed by atoms with Crippen molar-refractivity contribution >= 4 is 0 Å². The highest BCUT2D eigenvalue weighted by Crippen LogP contribution is 2.31. The van der Waals surface area contributed by atoms with E-state index in [1.165, 1.54) is 12.1 Å². The molecule has 0 unspecified atom stereocenters. The van der Waals surface area contributed by atoms with E-state index in [1.54, 1.807) is 6.07 Å². The van der Waals surface area contributed by atoms with Crippen molar-refractivity contribution in [1.82, 2.24) is 10.6 Å². The Bertz CT molecular complexity index is 350. The van der Waals surface area contributed by atoms with Gasteiger partial charge in [-0.3, -0.25) is 0 Å². The van der Waals surface area contributed by atoms with Crippen LogP contribution in [0.15, 0.2) is 24.3 Å². The lowest BCUT2D eigenvalue weighted by atomic mass is 10.1. The summed E-state index contributed by atoms with van der Waals surface area (Å²) in [5.41, 5.74) is -0.264. The van der Waals surface area contributed by atoms with Crippen molar-refractivity contribution in [2.24, 2.45) is 0 Å². The van der Waals surface area contributed by atoms with Gasteiger partial charge in [0, 0.05) is 19.6 Å². The summed E-state index contributed by atoms with van der Waals surface area (Å²) < 4.78 is 38.1. The Hall–Kier alpha value is -1.07. The van der Waals surface area contributed by atoms with Gasteiger partial charge in [-0.1, -0.05) is 25.1 Å². The molecule has 1 rings (SSSR count). The Morgan fingerprint density at radius 1 is 1.00 bits per heavy atom. The molecule has 0 aliphatic carbocycles. The Balaban J connectivity index is 2.43. The molecular weight excluding hydrogens is 241 g/mol. The lowest BCUT2D eigenvalue weighted by Gasteiger charge is -2.13. The zero-order valence-electron chi connectivity index (χ0n) is 10.5. The van der Waals surface area contributed by atoms with Crippen LogP contribution in [0.1, 0.15) is 24.5 Å². The van der Waals surface area contributed by atoms with E-state index in [0.717, 1.165) is 25.6 Å². The number of benzene rings is 1. The number of hydrogen-bond donors (Lipinski definition) is 2. The maximum atomic E-state index is 12.7. The van der Waals surface area contributed by atoms with Gasteiger partial charge in [0.05, 0.1) is 5.56 Å². The molecule has 0 saturated heterocycles. The maximum Gasteiger partial charge on any atom is 0.416 e. The second kappa shape index (κ2) is 7.38. The van der Waals surface area contributed by atoms with E-state index in [1.807, 2.05) is 0 Å². The zero-order chi connectivity index (χ0) is 13.4. The molecule has 0 bridgehead atoms. The van der Waals surface area contributed by atoms with Gasteiger partial charge in [0.1, 0.15) is 0 Å². The third-order valence-corrected chi connectivity index (χ3v) is 2.54. The van der Waals surface area contributed by atoms with Crippen LogP contribution in [0.5, 0.6) is 0 Å². The van der Waals surface area contributed by atoms with Crippen LogP contribution in [-0.4, -0.2) is 19.6 Å². The second-order valence-electron chi connectivity index (χ2n) is 4.08. The standard InChI is InChI=1S/C13H19F3N2/c1-2-7-17-8-9-18-10-11-5-3-4-6-12(11)13(14,15)16/h3-6,17-18H,2,7-10H2,1H3. The number of halogens is 3. The van der Waals surface area contributed by atoms with Crippen LogP contribution in [0, 0.1) is 0 Å². The Kier molecular flexibility index (Phi) is 6.15. The van der Waals surface area contributed by atoms with E-state index in [-0.39, 0.29) is 6.54 Å². The minimum Gasteiger partial charge on any atom is -0.315 e. The SMILES string of the molecule is CCCNCCNCc1ccccc1C(F)(F)F. The predicted octanol–water partition coefficient (Wildman–Crippen LogP) is 2.79. The summed E-state index contributed by atoms with van der Waals surface area (Å²) in [7, 11) is 0. The fourth-order valence-corrected chi connectivity index (χ4v) is 1.65. The summed E-state index contributed by atoms with van der Waals surface area (Å²) in [6.45, 7) is 4.67. The average Bonchev–Trinajstić information content (AvgIpc) is 2.33. The van der Waals surface area contributed by atoms with E-state index < -0.39 is 11.7 Å². The van der Waals surface area contributed by atoms with Crippen LogP contribution in [0.4, 0.5) is 13.2 Å². The van der Waals surface area contributed by atoms with Crippen molar-refractivity contribution in [3.63, 3.8) is 0 Å². The first-order valence-electron chi connectivity index (χ1n) is 6.12. The van der Waals surface area contributed by atoms with Crippen LogP contribution < -0.4 is 10.6 Å². The first kappa shape index (κ1) is 15.0. The van der Waals surface area contributed by atoms with Crippen LogP contribution in [0.2, 0.25) is 0 Å². The Morgan fingerprint density at radius 3 is 2.33 bits per heavy atom. The fourth-order valence-electron chi connectivity index (χ4n) is 1.65. The fraction of sp³-hybridized carbons (Fsp3) is 0.538. The van der Waals surface area contributed by atoms with E-state index in [0.29, 0.717) is 12.1 Å². The van der Waals surface area contributed by atoms with Crippen LogP contribution in [-0.2, 0) is 12.7 Å². The first-order chi connectivity index (χ1) is 8.55. The lowest BCUT2D eigenvalue weighted by Crippen LogP contribution is -2.28. The molecule has 0 atom stereocenters. The molecule has 0 fully saturated rings. The molecular formula is C13H19F3N2. The third-order valence-electron chi connectivity index (χ3n) is 2.54. The third kappa shape index (κ3) is 5.06. The summed E-state index contributed by atoms with van der Waals surface area (Å²) in [5, 5.41) is 6.19. The van der Waals surface area contributed by atoms with Gasteiger partial charge >= 0.3 is 6.18 Å². The summed E-state index contributed by atoms with van der Waals surface area (Å²) in [6, 6.07) is 5.67. The highest BCUT2D eigenvalue weighted by atomic mass is 19.4. The molecule has 18 heavy (non-hydrogen) atoms. The molecule has 2 N–H and O–H groups in total. The van der Waals surface area contributed by atoms with Gasteiger partial charge in [0.25, 0.3) is 0 Å².